The molecular formula is C21H34OS. The Morgan fingerprint density at radius 2 is 1.65 bits per heavy atom. The number of hydrogen-bond acceptors (Lipinski definition) is 2. The van der Waals surface area contributed by atoms with E-state index < -0.39 is 0 Å². The first-order valence-electron chi connectivity index (χ1n) is 10.2. The van der Waals surface area contributed by atoms with Crippen LogP contribution in [0.2, 0.25) is 0 Å². The molecule has 5 rings (SSSR count). The summed E-state index contributed by atoms with van der Waals surface area (Å²) < 4.78 is 0.698. The first kappa shape index (κ1) is 15.6. The van der Waals surface area contributed by atoms with Crippen molar-refractivity contribution >= 4 is 11.8 Å². The van der Waals surface area contributed by atoms with Crippen LogP contribution in [0.15, 0.2) is 0 Å². The molecule has 5 fully saturated rings. The topological polar surface area (TPSA) is 20.2 Å². The van der Waals surface area contributed by atoms with Crippen molar-refractivity contribution in [2.45, 2.75) is 83.0 Å². The van der Waals surface area contributed by atoms with Gasteiger partial charge in [0.15, 0.2) is 0 Å². The van der Waals surface area contributed by atoms with Gasteiger partial charge in [0.2, 0.25) is 0 Å². The quantitative estimate of drug-likeness (QED) is 0.620. The molecule has 0 bridgehead atoms. The Labute approximate surface area is 146 Å². The molecule has 4 saturated carbocycles. The van der Waals surface area contributed by atoms with Crippen LogP contribution < -0.4 is 0 Å². The molecule has 1 aliphatic heterocycles. The van der Waals surface area contributed by atoms with Gasteiger partial charge in [-0.05, 0) is 91.8 Å². The molecular weight excluding hydrogens is 300 g/mol. The Balaban J connectivity index is 1.45. The highest BCUT2D eigenvalue weighted by Crippen LogP contribution is 2.71. The van der Waals surface area contributed by atoms with E-state index in [-0.39, 0.29) is 11.5 Å². The van der Waals surface area contributed by atoms with Gasteiger partial charge < -0.3 is 5.11 Å². The van der Waals surface area contributed by atoms with Crippen LogP contribution in [0, 0.1) is 40.4 Å². The largest absolute Gasteiger partial charge is 0.393 e. The number of thioether (sulfide) groups is 1. The van der Waals surface area contributed by atoms with E-state index in [1.54, 1.807) is 0 Å². The Kier molecular flexibility index (Phi) is 3.20. The molecule has 0 amide bonds. The lowest BCUT2D eigenvalue weighted by molar-refractivity contribution is -0.129. The van der Waals surface area contributed by atoms with E-state index in [1.807, 2.05) is 0 Å². The molecule has 0 unspecified atom stereocenters. The third-order valence-corrected chi connectivity index (χ3v) is 11.4. The number of fused-ring (bicyclic) bond motifs is 5. The van der Waals surface area contributed by atoms with Crippen molar-refractivity contribution in [1.29, 1.82) is 0 Å². The van der Waals surface area contributed by atoms with Crippen molar-refractivity contribution in [3.63, 3.8) is 0 Å². The van der Waals surface area contributed by atoms with Crippen LogP contribution in [0.3, 0.4) is 0 Å². The molecule has 23 heavy (non-hydrogen) atoms. The van der Waals surface area contributed by atoms with Crippen LogP contribution in [0.1, 0.15) is 72.1 Å². The summed E-state index contributed by atoms with van der Waals surface area (Å²) in [6.07, 6.45) is 11.0. The second-order valence-electron chi connectivity index (χ2n) is 10.5. The second kappa shape index (κ2) is 4.72. The summed E-state index contributed by atoms with van der Waals surface area (Å²) in [6, 6.07) is 0. The van der Waals surface area contributed by atoms with Gasteiger partial charge in [0.1, 0.15) is 0 Å². The summed E-state index contributed by atoms with van der Waals surface area (Å²) in [6.45, 7) is 7.65. The molecule has 0 aromatic carbocycles. The van der Waals surface area contributed by atoms with Crippen molar-refractivity contribution in [3.8, 4) is 0 Å². The molecule has 1 saturated heterocycles. The molecule has 5 aliphatic rings. The van der Waals surface area contributed by atoms with Crippen LogP contribution in [-0.4, -0.2) is 21.7 Å². The Morgan fingerprint density at radius 1 is 0.913 bits per heavy atom. The monoisotopic (exact) mass is 334 g/mol. The molecule has 0 aromatic heterocycles. The van der Waals surface area contributed by atoms with Crippen molar-refractivity contribution in [1.82, 2.24) is 0 Å². The summed E-state index contributed by atoms with van der Waals surface area (Å²) >= 11 is 2.27. The van der Waals surface area contributed by atoms with Crippen LogP contribution in [0.4, 0.5) is 0 Å². The molecule has 0 aromatic rings. The first-order chi connectivity index (χ1) is 10.9. The maximum Gasteiger partial charge on any atom is 0.0596 e. The number of rotatable bonds is 0. The van der Waals surface area contributed by atoms with Gasteiger partial charge >= 0.3 is 0 Å². The van der Waals surface area contributed by atoms with E-state index in [4.69, 9.17) is 0 Å². The lowest BCUT2D eigenvalue weighted by Crippen LogP contribution is -2.56. The van der Waals surface area contributed by atoms with Crippen molar-refractivity contribution in [2.24, 2.45) is 40.4 Å². The standard InChI is InChI=1S/C21H34OS/c1-13-10-20(3)14(11-21(13)12-23-21)4-5-15-16-6-7-18(22)19(16,2)9-8-17(15)20/h13-18,22H,4-12H2,1-3H3/t13-,14-,15-,16+,17-,18+,19+,20+,21+/m1/s1. The summed E-state index contributed by atoms with van der Waals surface area (Å²) in [5.74, 6) is 6.05. The van der Waals surface area contributed by atoms with Gasteiger partial charge in [-0.3, -0.25) is 0 Å². The van der Waals surface area contributed by atoms with E-state index in [0.717, 1.165) is 36.0 Å². The number of aliphatic hydroxyl groups excluding tert-OH is 1. The van der Waals surface area contributed by atoms with Crippen LogP contribution in [0.25, 0.3) is 0 Å². The maximum absolute atomic E-state index is 10.6. The normalized spacial score (nSPS) is 64.2. The van der Waals surface area contributed by atoms with Crippen LogP contribution >= 0.6 is 11.8 Å². The highest BCUT2D eigenvalue weighted by atomic mass is 32.2. The van der Waals surface area contributed by atoms with Gasteiger partial charge in [-0.15, -0.1) is 0 Å². The minimum absolute atomic E-state index is 0.0182. The lowest BCUT2D eigenvalue weighted by Gasteiger charge is -2.62. The highest BCUT2D eigenvalue weighted by Gasteiger charge is 2.64. The van der Waals surface area contributed by atoms with Crippen molar-refractivity contribution < 1.29 is 5.11 Å². The average molecular weight is 335 g/mol. The minimum Gasteiger partial charge on any atom is -0.393 e. The van der Waals surface area contributed by atoms with Gasteiger partial charge in [0, 0.05) is 10.5 Å². The maximum atomic E-state index is 10.6. The van der Waals surface area contributed by atoms with Crippen molar-refractivity contribution in [2.75, 3.05) is 5.75 Å². The van der Waals surface area contributed by atoms with Crippen molar-refractivity contribution in [3.05, 3.63) is 0 Å². The van der Waals surface area contributed by atoms with Gasteiger partial charge in [-0.25, -0.2) is 0 Å². The molecule has 2 heteroatoms. The van der Waals surface area contributed by atoms with Gasteiger partial charge in [0.25, 0.3) is 0 Å². The number of hydrogen-bond donors (Lipinski definition) is 1. The molecule has 0 radical (unpaired) electrons. The van der Waals surface area contributed by atoms with E-state index in [1.165, 1.54) is 50.7 Å². The third-order valence-electron chi connectivity index (χ3n) is 9.77. The van der Waals surface area contributed by atoms with E-state index >= 15 is 0 Å². The molecule has 1 nitrogen and oxygen atoms in total. The van der Waals surface area contributed by atoms with Gasteiger partial charge in [-0.1, -0.05) is 20.8 Å². The second-order valence-corrected chi connectivity index (χ2v) is 11.8. The zero-order valence-electron chi connectivity index (χ0n) is 15.2. The number of aliphatic hydroxyl groups is 1. The molecule has 1 spiro atoms. The molecule has 1 N–H and O–H groups in total. The highest BCUT2D eigenvalue weighted by molar-refractivity contribution is 8.07. The summed E-state index contributed by atoms with van der Waals surface area (Å²) in [7, 11) is 0. The summed E-state index contributed by atoms with van der Waals surface area (Å²) in [5.41, 5.74) is 0.851. The third kappa shape index (κ3) is 1.92. The molecule has 130 valence electrons. The predicted molar refractivity (Wildman–Crippen MR) is 97.5 cm³/mol. The van der Waals surface area contributed by atoms with Gasteiger partial charge in [-0.2, -0.15) is 11.8 Å². The fourth-order valence-electron chi connectivity index (χ4n) is 8.12. The Hall–Kier alpha value is 0.310. The predicted octanol–water partition coefficient (Wildman–Crippen LogP) is 5.12. The van der Waals surface area contributed by atoms with Gasteiger partial charge in [0.05, 0.1) is 6.10 Å². The fraction of sp³-hybridized carbons (Fsp3) is 1.00. The molecule has 4 aliphatic carbocycles. The first-order valence-corrected chi connectivity index (χ1v) is 11.2. The lowest BCUT2D eigenvalue weighted by atomic mass is 9.43. The zero-order chi connectivity index (χ0) is 16.0. The van der Waals surface area contributed by atoms with E-state index in [2.05, 4.69) is 32.5 Å². The van der Waals surface area contributed by atoms with E-state index in [0.29, 0.717) is 10.2 Å². The smallest absolute Gasteiger partial charge is 0.0596 e. The van der Waals surface area contributed by atoms with Crippen LogP contribution in [-0.2, 0) is 0 Å². The zero-order valence-corrected chi connectivity index (χ0v) is 16.0. The van der Waals surface area contributed by atoms with E-state index in [9.17, 15) is 5.11 Å². The summed E-state index contributed by atoms with van der Waals surface area (Å²) in [4.78, 5) is 0. The Morgan fingerprint density at radius 3 is 2.39 bits per heavy atom. The Bertz CT molecular complexity index is 514. The SMILES string of the molecule is C[C@@H]1C[C@@]2(C)[C@H](CC[C@H]3[C@H]2CC[C@]2(C)[C@@H](O)CC[C@@H]32)C[C@]12CS2. The summed E-state index contributed by atoms with van der Waals surface area (Å²) in [5, 5.41) is 10.6. The fourth-order valence-corrected chi connectivity index (χ4v) is 9.39. The average Bonchev–Trinajstić information content (AvgIpc) is 3.22. The molecule has 9 atom stereocenters. The minimum atomic E-state index is -0.0182. The molecule has 1 heterocycles. The van der Waals surface area contributed by atoms with Crippen LogP contribution in [0.5, 0.6) is 0 Å².